The number of aromatic amines is 1. The topological polar surface area (TPSA) is 66.7 Å². The minimum atomic E-state index is 0.602. The van der Waals surface area contributed by atoms with Crippen molar-refractivity contribution in [3.63, 3.8) is 0 Å². The van der Waals surface area contributed by atoms with Crippen LogP contribution in [0.15, 0.2) is 30.3 Å². The lowest BCUT2D eigenvalue weighted by atomic mass is 10.1. The molecule has 1 heterocycles. The van der Waals surface area contributed by atoms with E-state index in [2.05, 4.69) is 27.4 Å². The van der Waals surface area contributed by atoms with Crippen LogP contribution in [0, 0.1) is 6.92 Å². The molecule has 0 aliphatic carbocycles. The van der Waals surface area contributed by atoms with Crippen molar-refractivity contribution in [3.8, 4) is 0 Å². The maximum atomic E-state index is 5.74. The highest BCUT2D eigenvalue weighted by molar-refractivity contribution is 5.56. The Morgan fingerprint density at radius 3 is 2.69 bits per heavy atom. The molecule has 84 valence electrons. The SMILES string of the molecule is Cc1nc(NCCc2ccccc2)c(N)[nH]1. The lowest BCUT2D eigenvalue weighted by molar-refractivity contribution is 1.01. The minimum absolute atomic E-state index is 0.602. The first kappa shape index (κ1) is 10.5. The molecule has 0 saturated heterocycles. The Labute approximate surface area is 94.9 Å². The predicted octanol–water partition coefficient (Wildman–Crippen LogP) is 1.95. The van der Waals surface area contributed by atoms with Gasteiger partial charge in [-0.1, -0.05) is 30.3 Å². The highest BCUT2D eigenvalue weighted by atomic mass is 15.1. The molecule has 0 aliphatic heterocycles. The van der Waals surface area contributed by atoms with E-state index in [9.17, 15) is 0 Å². The summed E-state index contributed by atoms with van der Waals surface area (Å²) in [7, 11) is 0. The monoisotopic (exact) mass is 216 g/mol. The van der Waals surface area contributed by atoms with Crippen molar-refractivity contribution < 1.29 is 0 Å². The van der Waals surface area contributed by atoms with Gasteiger partial charge in [0.1, 0.15) is 11.6 Å². The number of aromatic nitrogens is 2. The predicted molar refractivity (Wildman–Crippen MR) is 66.4 cm³/mol. The molecule has 4 heteroatoms. The number of aryl methyl sites for hydroxylation is 1. The van der Waals surface area contributed by atoms with Gasteiger partial charge in [0.15, 0.2) is 5.82 Å². The molecule has 0 atom stereocenters. The average Bonchev–Trinajstić information content (AvgIpc) is 2.59. The highest BCUT2D eigenvalue weighted by Gasteiger charge is 2.02. The number of hydrogen-bond acceptors (Lipinski definition) is 3. The second-order valence-corrected chi connectivity index (χ2v) is 3.75. The third kappa shape index (κ3) is 2.53. The summed E-state index contributed by atoms with van der Waals surface area (Å²) in [4.78, 5) is 7.21. The van der Waals surface area contributed by atoms with Gasteiger partial charge in [-0.05, 0) is 18.9 Å². The molecule has 0 aliphatic rings. The summed E-state index contributed by atoms with van der Waals surface area (Å²) in [5.74, 6) is 2.18. The van der Waals surface area contributed by atoms with Crippen LogP contribution in [0.3, 0.4) is 0 Å². The third-order valence-corrected chi connectivity index (χ3v) is 2.40. The molecule has 1 aromatic heterocycles. The first-order chi connectivity index (χ1) is 7.75. The van der Waals surface area contributed by atoms with Crippen molar-refractivity contribution in [3.05, 3.63) is 41.7 Å². The number of imidazole rings is 1. The van der Waals surface area contributed by atoms with Gasteiger partial charge >= 0.3 is 0 Å². The maximum absolute atomic E-state index is 5.74. The molecule has 0 saturated carbocycles. The molecule has 0 radical (unpaired) electrons. The quantitative estimate of drug-likeness (QED) is 0.731. The fourth-order valence-corrected chi connectivity index (χ4v) is 1.61. The Morgan fingerprint density at radius 1 is 1.31 bits per heavy atom. The smallest absolute Gasteiger partial charge is 0.168 e. The Balaban J connectivity index is 1.87. The Bertz CT molecular complexity index is 447. The van der Waals surface area contributed by atoms with Gasteiger partial charge in [0.2, 0.25) is 0 Å². The number of anilines is 2. The molecule has 0 unspecified atom stereocenters. The number of nitrogens with zero attached hydrogens (tertiary/aromatic N) is 1. The Morgan fingerprint density at radius 2 is 2.06 bits per heavy atom. The van der Waals surface area contributed by atoms with E-state index in [-0.39, 0.29) is 0 Å². The largest absolute Gasteiger partial charge is 0.382 e. The standard InChI is InChI=1S/C12H16N4/c1-9-15-11(13)12(16-9)14-8-7-10-5-3-2-4-6-10/h2-6,14H,7-8,13H2,1H3,(H,15,16). The summed E-state index contributed by atoms with van der Waals surface area (Å²) in [5, 5.41) is 3.21. The molecule has 4 N–H and O–H groups in total. The van der Waals surface area contributed by atoms with Crippen LogP contribution in [0.2, 0.25) is 0 Å². The third-order valence-electron chi connectivity index (χ3n) is 2.40. The van der Waals surface area contributed by atoms with E-state index in [1.165, 1.54) is 5.56 Å². The van der Waals surface area contributed by atoms with Gasteiger partial charge in [0, 0.05) is 6.54 Å². The molecule has 0 amide bonds. The van der Waals surface area contributed by atoms with Crippen LogP contribution in [0.4, 0.5) is 11.6 Å². The zero-order valence-electron chi connectivity index (χ0n) is 9.33. The van der Waals surface area contributed by atoms with Gasteiger partial charge in [-0.3, -0.25) is 0 Å². The first-order valence-electron chi connectivity index (χ1n) is 5.35. The molecule has 0 bridgehead atoms. The van der Waals surface area contributed by atoms with Crippen molar-refractivity contribution in [1.82, 2.24) is 9.97 Å². The van der Waals surface area contributed by atoms with E-state index in [1.807, 2.05) is 25.1 Å². The molecule has 2 rings (SSSR count). The van der Waals surface area contributed by atoms with Gasteiger partial charge in [0.05, 0.1) is 0 Å². The number of rotatable bonds is 4. The van der Waals surface area contributed by atoms with E-state index in [4.69, 9.17) is 5.73 Å². The number of H-pyrrole nitrogens is 1. The molecular weight excluding hydrogens is 200 g/mol. The van der Waals surface area contributed by atoms with E-state index in [0.717, 1.165) is 24.6 Å². The van der Waals surface area contributed by atoms with E-state index in [1.54, 1.807) is 0 Å². The number of nitrogen functional groups attached to an aromatic ring is 1. The van der Waals surface area contributed by atoms with Crippen LogP contribution in [0.5, 0.6) is 0 Å². The number of nitrogens with one attached hydrogen (secondary N) is 2. The zero-order valence-corrected chi connectivity index (χ0v) is 9.33. The van der Waals surface area contributed by atoms with Crippen molar-refractivity contribution in [2.45, 2.75) is 13.3 Å². The summed E-state index contributed by atoms with van der Waals surface area (Å²) in [6, 6.07) is 10.3. The second-order valence-electron chi connectivity index (χ2n) is 3.75. The lowest BCUT2D eigenvalue weighted by Gasteiger charge is -2.03. The van der Waals surface area contributed by atoms with Crippen LogP contribution in [0.1, 0.15) is 11.4 Å². The van der Waals surface area contributed by atoms with Gasteiger partial charge in [-0.25, -0.2) is 4.98 Å². The highest BCUT2D eigenvalue weighted by Crippen LogP contribution is 2.13. The van der Waals surface area contributed by atoms with E-state index < -0.39 is 0 Å². The zero-order chi connectivity index (χ0) is 11.4. The van der Waals surface area contributed by atoms with Crippen LogP contribution < -0.4 is 11.1 Å². The summed E-state index contributed by atoms with van der Waals surface area (Å²) in [6.45, 7) is 2.72. The van der Waals surface area contributed by atoms with Crippen molar-refractivity contribution in [1.29, 1.82) is 0 Å². The lowest BCUT2D eigenvalue weighted by Crippen LogP contribution is -2.06. The Hall–Kier alpha value is -1.97. The molecule has 2 aromatic rings. The van der Waals surface area contributed by atoms with E-state index in [0.29, 0.717) is 5.82 Å². The Kier molecular flexibility index (Phi) is 3.10. The average molecular weight is 216 g/mol. The van der Waals surface area contributed by atoms with Gasteiger partial charge in [-0.2, -0.15) is 0 Å². The summed E-state index contributed by atoms with van der Waals surface area (Å²) in [5.41, 5.74) is 7.05. The van der Waals surface area contributed by atoms with Crippen LogP contribution in [-0.4, -0.2) is 16.5 Å². The normalized spacial score (nSPS) is 10.3. The number of nitrogens with two attached hydrogens (primary N) is 1. The maximum Gasteiger partial charge on any atom is 0.168 e. The summed E-state index contributed by atoms with van der Waals surface area (Å²) < 4.78 is 0. The van der Waals surface area contributed by atoms with Crippen LogP contribution in [-0.2, 0) is 6.42 Å². The van der Waals surface area contributed by atoms with Gasteiger partial charge in [-0.15, -0.1) is 0 Å². The summed E-state index contributed by atoms with van der Waals surface area (Å²) >= 11 is 0. The van der Waals surface area contributed by atoms with Crippen LogP contribution >= 0.6 is 0 Å². The fraction of sp³-hybridized carbons (Fsp3) is 0.250. The van der Waals surface area contributed by atoms with Crippen LogP contribution in [0.25, 0.3) is 0 Å². The number of benzene rings is 1. The molecule has 0 fully saturated rings. The number of hydrogen-bond donors (Lipinski definition) is 3. The van der Waals surface area contributed by atoms with Gasteiger partial charge in [0.25, 0.3) is 0 Å². The van der Waals surface area contributed by atoms with Gasteiger partial charge < -0.3 is 16.0 Å². The molecule has 0 spiro atoms. The minimum Gasteiger partial charge on any atom is -0.382 e. The van der Waals surface area contributed by atoms with Crippen molar-refractivity contribution in [2.24, 2.45) is 0 Å². The second kappa shape index (κ2) is 4.70. The fourth-order valence-electron chi connectivity index (χ4n) is 1.61. The molecule has 1 aromatic carbocycles. The summed E-state index contributed by atoms with van der Waals surface area (Å²) in [6.07, 6.45) is 0.964. The molecule has 16 heavy (non-hydrogen) atoms. The van der Waals surface area contributed by atoms with E-state index >= 15 is 0 Å². The molecular formula is C12H16N4. The van der Waals surface area contributed by atoms with Crippen molar-refractivity contribution >= 4 is 11.6 Å². The van der Waals surface area contributed by atoms with Crippen molar-refractivity contribution in [2.75, 3.05) is 17.6 Å². The molecule has 4 nitrogen and oxygen atoms in total. The first-order valence-corrected chi connectivity index (χ1v) is 5.35.